The van der Waals surface area contributed by atoms with Crippen molar-refractivity contribution in [3.63, 3.8) is 0 Å². The topological polar surface area (TPSA) is 52.0 Å². The molecule has 1 heterocycles. The second kappa shape index (κ2) is 3.43. The highest BCUT2D eigenvalue weighted by molar-refractivity contribution is 5.37. The number of aromatic nitrogens is 1. The normalized spacial score (nSPS) is 46.8. The third-order valence-corrected chi connectivity index (χ3v) is 6.40. The lowest BCUT2D eigenvalue weighted by Crippen LogP contribution is -2.49. The summed E-state index contributed by atoms with van der Waals surface area (Å²) >= 11 is 0. The zero-order valence-electron chi connectivity index (χ0n) is 11.4. The Hall–Kier alpha value is -0.830. The van der Waals surface area contributed by atoms with Gasteiger partial charge in [-0.3, -0.25) is 0 Å². The average molecular weight is 258 g/mol. The molecule has 0 amide bonds. The molecule has 19 heavy (non-hydrogen) atoms. The lowest BCUT2D eigenvalue weighted by molar-refractivity contribution is -0.00901. The van der Waals surface area contributed by atoms with Crippen molar-refractivity contribution in [2.24, 2.45) is 23.5 Å². The Bertz CT molecular complexity index is 498. The number of rotatable bonds is 1. The fourth-order valence-electron chi connectivity index (χ4n) is 6.11. The van der Waals surface area contributed by atoms with E-state index < -0.39 is 0 Å². The van der Waals surface area contributed by atoms with Crippen molar-refractivity contribution in [1.82, 2.24) is 5.16 Å². The van der Waals surface area contributed by atoms with E-state index in [0.717, 1.165) is 36.4 Å². The second-order valence-electron chi connectivity index (χ2n) is 7.71. The van der Waals surface area contributed by atoms with Crippen molar-refractivity contribution in [3.8, 4) is 0 Å². The smallest absolute Gasteiger partial charge is 0.141 e. The predicted octanol–water partition coefficient (Wildman–Crippen LogP) is 3.09. The number of hydrogen-bond acceptors (Lipinski definition) is 3. The van der Waals surface area contributed by atoms with Gasteiger partial charge in [0, 0.05) is 23.4 Å². The van der Waals surface area contributed by atoms with E-state index in [2.05, 4.69) is 5.16 Å². The largest absolute Gasteiger partial charge is 0.361 e. The van der Waals surface area contributed by atoms with Crippen LogP contribution in [0.15, 0.2) is 4.52 Å². The maximum atomic E-state index is 6.31. The van der Waals surface area contributed by atoms with E-state index >= 15 is 0 Å². The number of nitrogens with zero attached hydrogens (tertiary/aromatic N) is 1. The van der Waals surface area contributed by atoms with Gasteiger partial charge in [0.1, 0.15) is 5.76 Å². The van der Waals surface area contributed by atoms with E-state index in [-0.39, 0.29) is 6.04 Å². The molecule has 3 nitrogen and oxygen atoms in total. The minimum Gasteiger partial charge on any atom is -0.361 e. The molecule has 6 rings (SSSR count). The first-order valence-corrected chi connectivity index (χ1v) is 7.98. The van der Waals surface area contributed by atoms with Gasteiger partial charge in [0.25, 0.3) is 0 Å². The van der Waals surface area contributed by atoms with E-state index in [1.807, 2.05) is 0 Å². The summed E-state index contributed by atoms with van der Waals surface area (Å²) < 4.78 is 5.64. The highest BCUT2D eigenvalue weighted by Crippen LogP contribution is 2.61. The van der Waals surface area contributed by atoms with E-state index in [9.17, 15) is 0 Å². The summed E-state index contributed by atoms with van der Waals surface area (Å²) in [7, 11) is 0. The van der Waals surface area contributed by atoms with Crippen LogP contribution < -0.4 is 5.73 Å². The molecular weight excluding hydrogens is 236 g/mol. The van der Waals surface area contributed by atoms with Gasteiger partial charge >= 0.3 is 0 Å². The highest BCUT2D eigenvalue weighted by atomic mass is 16.5. The van der Waals surface area contributed by atoms with Crippen LogP contribution >= 0.6 is 0 Å². The van der Waals surface area contributed by atoms with Crippen LogP contribution in [0.2, 0.25) is 0 Å². The quantitative estimate of drug-likeness (QED) is 0.842. The zero-order chi connectivity index (χ0) is 12.6. The van der Waals surface area contributed by atoms with Crippen LogP contribution in [-0.2, 0) is 11.8 Å². The second-order valence-corrected chi connectivity index (χ2v) is 7.71. The van der Waals surface area contributed by atoms with Gasteiger partial charge < -0.3 is 10.3 Å². The molecule has 1 unspecified atom stereocenters. The van der Waals surface area contributed by atoms with Crippen LogP contribution in [-0.4, -0.2) is 5.16 Å². The Kier molecular flexibility index (Phi) is 1.97. The summed E-state index contributed by atoms with van der Waals surface area (Å²) in [6, 6.07) is 0.184. The van der Waals surface area contributed by atoms with E-state index in [1.54, 1.807) is 0 Å². The van der Waals surface area contributed by atoms with Gasteiger partial charge in [-0.05, 0) is 62.7 Å². The molecule has 4 saturated carbocycles. The molecule has 1 atom stereocenters. The zero-order valence-corrected chi connectivity index (χ0v) is 11.4. The lowest BCUT2D eigenvalue weighted by Gasteiger charge is -2.56. The van der Waals surface area contributed by atoms with Gasteiger partial charge in [0.05, 0.1) is 5.69 Å². The molecule has 102 valence electrons. The van der Waals surface area contributed by atoms with Crippen LogP contribution in [0.1, 0.15) is 68.0 Å². The summed E-state index contributed by atoms with van der Waals surface area (Å²) in [5, 5.41) is 4.52. The Morgan fingerprint density at radius 1 is 1.05 bits per heavy atom. The summed E-state index contributed by atoms with van der Waals surface area (Å²) in [6.45, 7) is 0. The summed E-state index contributed by atoms with van der Waals surface area (Å²) in [5.74, 6) is 3.96. The maximum Gasteiger partial charge on any atom is 0.141 e. The first-order valence-electron chi connectivity index (χ1n) is 7.98. The van der Waals surface area contributed by atoms with Gasteiger partial charge in [0.2, 0.25) is 0 Å². The van der Waals surface area contributed by atoms with Crippen molar-refractivity contribution >= 4 is 0 Å². The van der Waals surface area contributed by atoms with E-state index in [4.69, 9.17) is 10.3 Å². The highest BCUT2D eigenvalue weighted by Gasteiger charge is 2.54. The minimum absolute atomic E-state index is 0.184. The third-order valence-electron chi connectivity index (χ3n) is 6.40. The monoisotopic (exact) mass is 258 g/mol. The molecule has 0 aliphatic heterocycles. The molecule has 0 spiro atoms. The Morgan fingerprint density at radius 2 is 1.68 bits per heavy atom. The van der Waals surface area contributed by atoms with Crippen molar-refractivity contribution in [2.45, 2.75) is 62.8 Å². The molecule has 3 heteroatoms. The Labute approximate surface area is 113 Å². The van der Waals surface area contributed by atoms with Crippen molar-refractivity contribution in [2.75, 3.05) is 0 Å². The SMILES string of the molecule is NC1CCc2onc(C34CC5CC(CC(C5)C3)C4)c21. The van der Waals surface area contributed by atoms with Gasteiger partial charge in [0.15, 0.2) is 0 Å². The fraction of sp³-hybridized carbons (Fsp3) is 0.812. The molecule has 1 aromatic rings. The number of aryl methyl sites for hydroxylation is 1. The molecule has 5 aliphatic rings. The fourth-order valence-corrected chi connectivity index (χ4v) is 6.11. The van der Waals surface area contributed by atoms with Gasteiger partial charge in [-0.25, -0.2) is 0 Å². The maximum absolute atomic E-state index is 6.31. The van der Waals surface area contributed by atoms with Gasteiger partial charge in [-0.1, -0.05) is 5.16 Å². The standard InChI is InChI=1S/C16H22N2O/c17-12-1-2-13-14(12)15(18-19-13)16-6-9-3-10(7-16)5-11(4-9)8-16/h9-12H,1-8,17H2. The summed E-state index contributed by atoms with van der Waals surface area (Å²) in [4.78, 5) is 0. The summed E-state index contributed by atoms with van der Waals surface area (Å²) in [6.07, 6.45) is 10.5. The van der Waals surface area contributed by atoms with Crippen molar-refractivity contribution < 1.29 is 4.52 Å². The van der Waals surface area contributed by atoms with Gasteiger partial charge in [-0.15, -0.1) is 0 Å². The lowest BCUT2D eigenvalue weighted by atomic mass is 9.48. The van der Waals surface area contributed by atoms with E-state index in [0.29, 0.717) is 5.41 Å². The van der Waals surface area contributed by atoms with Crippen LogP contribution in [0.5, 0.6) is 0 Å². The van der Waals surface area contributed by atoms with Crippen LogP contribution in [0.4, 0.5) is 0 Å². The van der Waals surface area contributed by atoms with Crippen LogP contribution in [0.25, 0.3) is 0 Å². The van der Waals surface area contributed by atoms with Crippen molar-refractivity contribution in [3.05, 3.63) is 17.0 Å². The average Bonchev–Trinajstić information content (AvgIpc) is 2.91. The number of nitrogens with two attached hydrogens (primary N) is 1. The molecule has 5 aliphatic carbocycles. The first-order chi connectivity index (χ1) is 9.23. The molecule has 4 fully saturated rings. The Morgan fingerprint density at radius 3 is 2.32 bits per heavy atom. The van der Waals surface area contributed by atoms with Gasteiger partial charge in [-0.2, -0.15) is 0 Å². The van der Waals surface area contributed by atoms with E-state index in [1.165, 1.54) is 49.8 Å². The molecule has 4 bridgehead atoms. The molecule has 0 aromatic carbocycles. The number of fused-ring (bicyclic) bond motifs is 1. The van der Waals surface area contributed by atoms with Crippen LogP contribution in [0, 0.1) is 17.8 Å². The molecule has 0 saturated heterocycles. The minimum atomic E-state index is 0.184. The van der Waals surface area contributed by atoms with Crippen molar-refractivity contribution in [1.29, 1.82) is 0 Å². The number of hydrogen-bond donors (Lipinski definition) is 1. The van der Waals surface area contributed by atoms with Crippen LogP contribution in [0.3, 0.4) is 0 Å². The molecule has 1 aromatic heterocycles. The summed E-state index contributed by atoms with van der Waals surface area (Å²) in [5.41, 5.74) is 9.24. The third kappa shape index (κ3) is 1.35. The first kappa shape index (κ1) is 10.9. The molecule has 0 radical (unpaired) electrons. The predicted molar refractivity (Wildman–Crippen MR) is 71.6 cm³/mol. The Balaban J connectivity index is 1.63. The molecule has 2 N–H and O–H groups in total. The molecular formula is C16H22N2O.